The van der Waals surface area contributed by atoms with Crippen molar-refractivity contribution in [1.82, 2.24) is 0 Å². The Morgan fingerprint density at radius 3 is 2.64 bits per heavy atom. The first-order valence-corrected chi connectivity index (χ1v) is 4.54. The molecule has 64 valence electrons. The van der Waals surface area contributed by atoms with Gasteiger partial charge in [-0.25, -0.2) is 0 Å². The van der Waals surface area contributed by atoms with Crippen molar-refractivity contribution in [1.29, 1.82) is 0 Å². The average Bonchev–Trinajstić information content (AvgIpc) is 1.77. The van der Waals surface area contributed by atoms with Crippen LogP contribution in [0.1, 0.15) is 39.5 Å². The molecule has 1 rings (SSSR count). The van der Waals surface area contributed by atoms with Crippen LogP contribution in [0.2, 0.25) is 0 Å². The fourth-order valence-corrected chi connectivity index (χ4v) is 1.63. The average molecular weight is 154 g/mol. The normalized spacial score (nSPS) is 23.0. The van der Waals surface area contributed by atoms with E-state index >= 15 is 0 Å². The lowest BCUT2D eigenvalue weighted by Gasteiger charge is -2.25. The molecule has 1 atom stereocenters. The quantitative estimate of drug-likeness (QED) is 0.619. The highest BCUT2D eigenvalue weighted by Gasteiger charge is 2.17. The molecule has 0 radical (unpaired) electrons. The number of aliphatic hydroxyl groups is 1. The van der Waals surface area contributed by atoms with Gasteiger partial charge >= 0.3 is 0 Å². The molecule has 1 aliphatic rings. The van der Waals surface area contributed by atoms with E-state index in [9.17, 15) is 0 Å². The van der Waals surface area contributed by atoms with Crippen molar-refractivity contribution in [2.45, 2.75) is 45.6 Å². The van der Waals surface area contributed by atoms with Gasteiger partial charge in [-0.1, -0.05) is 30.9 Å². The Kier molecular flexibility index (Phi) is 3.13. The molecule has 0 spiro atoms. The lowest BCUT2D eigenvalue weighted by molar-refractivity contribution is 0.241. The standard InChI is InChI=1S/C10H18O/c1-8(6-9(2)11)7-10-4-3-5-10/h6,9-11H,3-5,7H2,1-2H3/b8-6-. The Balaban J connectivity index is 2.23. The Labute approximate surface area is 69.1 Å². The molecule has 1 aliphatic carbocycles. The summed E-state index contributed by atoms with van der Waals surface area (Å²) in [6, 6.07) is 0. The van der Waals surface area contributed by atoms with Gasteiger partial charge in [0.05, 0.1) is 6.10 Å². The number of aliphatic hydroxyl groups excluding tert-OH is 1. The maximum absolute atomic E-state index is 9.05. The molecule has 1 fully saturated rings. The van der Waals surface area contributed by atoms with Crippen LogP contribution in [0.15, 0.2) is 11.6 Å². The number of hydrogen-bond donors (Lipinski definition) is 1. The lowest BCUT2D eigenvalue weighted by atomic mass is 9.81. The predicted molar refractivity (Wildman–Crippen MR) is 47.4 cm³/mol. The fraction of sp³-hybridized carbons (Fsp3) is 0.800. The summed E-state index contributed by atoms with van der Waals surface area (Å²) < 4.78 is 0. The van der Waals surface area contributed by atoms with Gasteiger partial charge in [-0.3, -0.25) is 0 Å². The summed E-state index contributed by atoms with van der Waals surface area (Å²) in [7, 11) is 0. The predicted octanol–water partition coefficient (Wildman–Crippen LogP) is 2.50. The Morgan fingerprint density at radius 1 is 1.64 bits per heavy atom. The second kappa shape index (κ2) is 3.91. The van der Waals surface area contributed by atoms with Crippen LogP contribution >= 0.6 is 0 Å². The molecule has 1 N–H and O–H groups in total. The molecule has 11 heavy (non-hydrogen) atoms. The first kappa shape index (κ1) is 8.79. The van der Waals surface area contributed by atoms with E-state index in [0.29, 0.717) is 0 Å². The molecule has 1 saturated carbocycles. The summed E-state index contributed by atoms with van der Waals surface area (Å²) >= 11 is 0. The molecule has 0 saturated heterocycles. The van der Waals surface area contributed by atoms with E-state index in [1.165, 1.54) is 31.3 Å². The smallest absolute Gasteiger partial charge is 0.0695 e. The molecular formula is C10H18O. The molecule has 1 nitrogen and oxygen atoms in total. The minimum atomic E-state index is -0.268. The van der Waals surface area contributed by atoms with Gasteiger partial charge in [0.15, 0.2) is 0 Å². The lowest BCUT2D eigenvalue weighted by Crippen LogP contribution is -2.11. The molecule has 0 amide bonds. The maximum Gasteiger partial charge on any atom is 0.0695 e. The zero-order valence-corrected chi connectivity index (χ0v) is 7.51. The summed E-state index contributed by atoms with van der Waals surface area (Å²) in [5.74, 6) is 0.921. The topological polar surface area (TPSA) is 20.2 Å². The largest absolute Gasteiger partial charge is 0.389 e. The van der Waals surface area contributed by atoms with E-state index in [4.69, 9.17) is 5.11 Å². The molecule has 1 heteroatoms. The van der Waals surface area contributed by atoms with Crippen LogP contribution in [0.5, 0.6) is 0 Å². The van der Waals surface area contributed by atoms with Gasteiger partial charge in [0.25, 0.3) is 0 Å². The van der Waals surface area contributed by atoms with Crippen molar-refractivity contribution in [3.63, 3.8) is 0 Å². The third-order valence-corrected chi connectivity index (χ3v) is 2.36. The van der Waals surface area contributed by atoms with Gasteiger partial charge in [-0.15, -0.1) is 0 Å². The second-order valence-electron chi connectivity index (χ2n) is 3.75. The van der Waals surface area contributed by atoms with Crippen LogP contribution in [0.3, 0.4) is 0 Å². The highest BCUT2D eigenvalue weighted by molar-refractivity contribution is 5.02. The summed E-state index contributed by atoms with van der Waals surface area (Å²) in [6.07, 6.45) is 7.08. The van der Waals surface area contributed by atoms with Crippen LogP contribution in [0.4, 0.5) is 0 Å². The van der Waals surface area contributed by atoms with Gasteiger partial charge < -0.3 is 5.11 Å². The Bertz CT molecular complexity index is 143. The van der Waals surface area contributed by atoms with Crippen molar-refractivity contribution < 1.29 is 5.11 Å². The summed E-state index contributed by atoms with van der Waals surface area (Å²) in [5.41, 5.74) is 1.35. The molecule has 0 aromatic heterocycles. The van der Waals surface area contributed by atoms with Crippen molar-refractivity contribution in [2.24, 2.45) is 5.92 Å². The van der Waals surface area contributed by atoms with Crippen LogP contribution < -0.4 is 0 Å². The van der Waals surface area contributed by atoms with Gasteiger partial charge in [0.1, 0.15) is 0 Å². The number of rotatable bonds is 3. The highest BCUT2D eigenvalue weighted by atomic mass is 16.3. The molecule has 0 aromatic carbocycles. The summed E-state index contributed by atoms with van der Waals surface area (Å²) in [5, 5.41) is 9.05. The molecule has 0 heterocycles. The number of allylic oxidation sites excluding steroid dienone is 1. The van der Waals surface area contributed by atoms with Gasteiger partial charge in [0, 0.05) is 0 Å². The highest BCUT2D eigenvalue weighted by Crippen LogP contribution is 2.31. The van der Waals surface area contributed by atoms with Gasteiger partial charge in [-0.2, -0.15) is 0 Å². The maximum atomic E-state index is 9.05. The third-order valence-electron chi connectivity index (χ3n) is 2.36. The minimum absolute atomic E-state index is 0.268. The molecule has 0 aromatic rings. The van der Waals surface area contributed by atoms with Crippen molar-refractivity contribution in [3.05, 3.63) is 11.6 Å². The van der Waals surface area contributed by atoms with Crippen LogP contribution in [0, 0.1) is 5.92 Å². The van der Waals surface area contributed by atoms with Crippen LogP contribution in [-0.2, 0) is 0 Å². The van der Waals surface area contributed by atoms with Crippen LogP contribution in [-0.4, -0.2) is 11.2 Å². The monoisotopic (exact) mass is 154 g/mol. The Morgan fingerprint density at radius 2 is 2.27 bits per heavy atom. The first-order chi connectivity index (χ1) is 5.18. The Hall–Kier alpha value is -0.300. The van der Waals surface area contributed by atoms with Gasteiger partial charge in [0.2, 0.25) is 0 Å². The zero-order valence-electron chi connectivity index (χ0n) is 7.51. The van der Waals surface area contributed by atoms with Crippen molar-refractivity contribution >= 4 is 0 Å². The fourth-order valence-electron chi connectivity index (χ4n) is 1.63. The second-order valence-corrected chi connectivity index (χ2v) is 3.75. The molecular weight excluding hydrogens is 136 g/mol. The van der Waals surface area contributed by atoms with E-state index < -0.39 is 0 Å². The summed E-state index contributed by atoms with van der Waals surface area (Å²) in [6.45, 7) is 3.93. The van der Waals surface area contributed by atoms with Crippen molar-refractivity contribution in [3.8, 4) is 0 Å². The minimum Gasteiger partial charge on any atom is -0.389 e. The SMILES string of the molecule is C/C(=C/C(C)O)CC1CCC1. The molecule has 1 unspecified atom stereocenters. The molecule has 0 aliphatic heterocycles. The van der Waals surface area contributed by atoms with E-state index in [1.807, 2.05) is 13.0 Å². The first-order valence-electron chi connectivity index (χ1n) is 4.54. The van der Waals surface area contributed by atoms with E-state index in [0.717, 1.165) is 5.92 Å². The van der Waals surface area contributed by atoms with E-state index in [-0.39, 0.29) is 6.10 Å². The van der Waals surface area contributed by atoms with E-state index in [2.05, 4.69) is 6.92 Å². The zero-order chi connectivity index (χ0) is 8.27. The number of hydrogen-bond acceptors (Lipinski definition) is 1. The molecule has 0 bridgehead atoms. The van der Waals surface area contributed by atoms with Gasteiger partial charge in [-0.05, 0) is 26.2 Å². The van der Waals surface area contributed by atoms with E-state index in [1.54, 1.807) is 0 Å². The van der Waals surface area contributed by atoms with Crippen LogP contribution in [0.25, 0.3) is 0 Å². The van der Waals surface area contributed by atoms with Crippen molar-refractivity contribution in [2.75, 3.05) is 0 Å². The summed E-state index contributed by atoms with van der Waals surface area (Å²) in [4.78, 5) is 0. The third kappa shape index (κ3) is 3.06.